The van der Waals surface area contributed by atoms with Crippen LogP contribution in [0.3, 0.4) is 0 Å². The molecule has 0 amide bonds. The molecule has 0 aromatic heterocycles. The molecule has 0 bridgehead atoms. The highest BCUT2D eigenvalue weighted by Crippen LogP contribution is 2.26. The van der Waals surface area contributed by atoms with Crippen LogP contribution in [-0.4, -0.2) is 31.5 Å². The molecule has 2 aromatic rings. The highest BCUT2D eigenvalue weighted by Gasteiger charge is 2.19. The van der Waals surface area contributed by atoms with Crippen LogP contribution in [0.2, 0.25) is 5.02 Å². The zero-order valence-electron chi connectivity index (χ0n) is 13.7. The predicted molar refractivity (Wildman–Crippen MR) is 98.2 cm³/mol. The van der Waals surface area contributed by atoms with Gasteiger partial charge in [-0.3, -0.25) is 5.32 Å². The third-order valence-electron chi connectivity index (χ3n) is 3.79. The van der Waals surface area contributed by atoms with Gasteiger partial charge in [-0.15, -0.1) is 6.42 Å². The lowest BCUT2D eigenvalue weighted by molar-refractivity contribution is 0.0385. The average Bonchev–Trinajstić information content (AvgIpc) is 3.14. The average molecular weight is 358 g/mol. The van der Waals surface area contributed by atoms with E-state index in [1.165, 1.54) is 0 Å². The molecule has 2 aromatic carbocycles. The summed E-state index contributed by atoms with van der Waals surface area (Å²) >= 11 is 5.88. The van der Waals surface area contributed by atoms with Gasteiger partial charge in [0.1, 0.15) is 18.1 Å². The summed E-state index contributed by atoms with van der Waals surface area (Å²) in [5.41, 5.74) is 4.29. The van der Waals surface area contributed by atoms with E-state index in [0.717, 1.165) is 30.4 Å². The molecular formula is C19H20ClN3O2. The van der Waals surface area contributed by atoms with E-state index in [1.807, 2.05) is 36.4 Å². The Morgan fingerprint density at radius 3 is 2.40 bits per heavy atom. The van der Waals surface area contributed by atoms with Gasteiger partial charge >= 0.3 is 0 Å². The van der Waals surface area contributed by atoms with Crippen LogP contribution < -0.4 is 15.5 Å². The predicted octanol–water partition coefficient (Wildman–Crippen LogP) is 3.15. The molecule has 0 saturated carbocycles. The molecule has 2 N–H and O–H groups in total. The Kier molecular flexibility index (Phi) is 6.29. The minimum atomic E-state index is -0.118. The largest absolute Gasteiger partial charge is 0.457 e. The topological polar surface area (TPSA) is 45.8 Å². The lowest BCUT2D eigenvalue weighted by Gasteiger charge is -2.23. The Morgan fingerprint density at radius 2 is 1.80 bits per heavy atom. The van der Waals surface area contributed by atoms with Crippen molar-refractivity contribution in [2.75, 3.05) is 26.5 Å². The molecule has 25 heavy (non-hydrogen) atoms. The summed E-state index contributed by atoms with van der Waals surface area (Å²) in [5, 5.41) is 5.97. The van der Waals surface area contributed by atoms with Crippen molar-refractivity contribution in [3.05, 3.63) is 59.1 Å². The summed E-state index contributed by atoms with van der Waals surface area (Å²) in [4.78, 5) is 0. The molecule has 6 heteroatoms. The van der Waals surface area contributed by atoms with Gasteiger partial charge in [0.25, 0.3) is 0 Å². The van der Waals surface area contributed by atoms with Gasteiger partial charge in [-0.05, 0) is 42.0 Å². The Balaban J connectivity index is 1.66. The van der Waals surface area contributed by atoms with Gasteiger partial charge in [-0.1, -0.05) is 29.7 Å². The number of ether oxygens (including phenoxy) is 2. The fraction of sp³-hybridized carbons (Fsp3) is 0.263. The Hall–Kier alpha value is -2.07. The molecule has 1 saturated heterocycles. The number of terminal acetylenes is 1. The van der Waals surface area contributed by atoms with Crippen LogP contribution in [0.25, 0.3) is 0 Å². The van der Waals surface area contributed by atoms with Crippen molar-refractivity contribution in [3.8, 4) is 23.8 Å². The van der Waals surface area contributed by atoms with Crippen molar-refractivity contribution in [2.24, 2.45) is 0 Å². The van der Waals surface area contributed by atoms with Crippen molar-refractivity contribution < 1.29 is 9.47 Å². The first-order valence-corrected chi connectivity index (χ1v) is 8.40. The van der Waals surface area contributed by atoms with Crippen LogP contribution in [0.4, 0.5) is 0 Å². The maximum absolute atomic E-state index is 5.88. The monoisotopic (exact) mass is 357 g/mol. The molecule has 5 nitrogen and oxygen atoms in total. The number of hydrogen-bond acceptors (Lipinski definition) is 5. The number of benzene rings is 2. The number of hydrogen-bond donors (Lipinski definition) is 2. The second kappa shape index (κ2) is 8.86. The highest BCUT2D eigenvalue weighted by molar-refractivity contribution is 6.30. The quantitative estimate of drug-likeness (QED) is 0.745. The molecule has 1 aliphatic rings. The summed E-state index contributed by atoms with van der Waals surface area (Å²) < 4.78 is 11.6. The molecular weight excluding hydrogens is 338 g/mol. The maximum Gasteiger partial charge on any atom is 0.127 e. The molecule has 0 spiro atoms. The lowest BCUT2D eigenvalue weighted by atomic mass is 10.1. The summed E-state index contributed by atoms with van der Waals surface area (Å²) in [7, 11) is 0. The first kappa shape index (κ1) is 17.7. The van der Waals surface area contributed by atoms with Crippen LogP contribution in [-0.2, 0) is 4.74 Å². The van der Waals surface area contributed by atoms with Crippen molar-refractivity contribution in [1.29, 1.82) is 0 Å². The van der Waals surface area contributed by atoms with E-state index in [4.69, 9.17) is 27.5 Å². The molecule has 1 aliphatic heterocycles. The van der Waals surface area contributed by atoms with Gasteiger partial charge in [-0.25, -0.2) is 10.4 Å². The molecule has 130 valence electrons. The third-order valence-corrected chi connectivity index (χ3v) is 4.04. The first-order valence-electron chi connectivity index (χ1n) is 8.02. The number of hydrazine groups is 1. The zero-order valence-corrected chi connectivity index (χ0v) is 14.5. The van der Waals surface area contributed by atoms with Gasteiger partial charge in [0.15, 0.2) is 0 Å². The molecule has 1 fully saturated rings. The normalized spacial score (nSPS) is 15.7. The van der Waals surface area contributed by atoms with Gasteiger partial charge in [0, 0.05) is 11.6 Å². The van der Waals surface area contributed by atoms with Crippen molar-refractivity contribution in [1.82, 2.24) is 15.8 Å². The third kappa shape index (κ3) is 5.20. The molecule has 1 atom stereocenters. The number of nitrogens with one attached hydrogen (secondary N) is 2. The Morgan fingerprint density at radius 1 is 1.12 bits per heavy atom. The summed E-state index contributed by atoms with van der Waals surface area (Å²) in [5.74, 6) is 4.02. The zero-order chi connectivity index (χ0) is 17.5. The number of rotatable bonds is 7. The Labute approximate surface area is 152 Å². The van der Waals surface area contributed by atoms with E-state index in [1.54, 1.807) is 12.1 Å². The highest BCUT2D eigenvalue weighted by atomic mass is 35.5. The number of halogens is 1. The second-order valence-electron chi connectivity index (χ2n) is 5.59. The second-order valence-corrected chi connectivity index (χ2v) is 6.03. The van der Waals surface area contributed by atoms with Gasteiger partial charge in [0.2, 0.25) is 0 Å². The smallest absolute Gasteiger partial charge is 0.127 e. The van der Waals surface area contributed by atoms with E-state index in [0.29, 0.717) is 11.6 Å². The van der Waals surface area contributed by atoms with Crippen LogP contribution in [0.5, 0.6) is 11.5 Å². The summed E-state index contributed by atoms with van der Waals surface area (Å²) in [6.07, 6.45) is 5.22. The van der Waals surface area contributed by atoms with E-state index in [-0.39, 0.29) is 12.7 Å². The minimum absolute atomic E-state index is 0.118. The molecule has 0 aliphatic carbocycles. The van der Waals surface area contributed by atoms with Crippen molar-refractivity contribution >= 4 is 11.6 Å². The van der Waals surface area contributed by atoms with Gasteiger partial charge < -0.3 is 9.47 Å². The maximum atomic E-state index is 5.88. The number of nitrogens with zero attached hydrogens (tertiary/aromatic N) is 1. The standard InChI is InChI=1S/C19H20ClN3O2/c1-2-11-24-19(12-23-14-21-13-22-23)15-3-7-17(8-4-15)25-18-9-5-16(20)6-10-18/h1,3-10,19,21-22H,11-14H2. The van der Waals surface area contributed by atoms with Gasteiger partial charge in [0.05, 0.1) is 19.4 Å². The Bertz CT molecular complexity index is 707. The molecule has 0 radical (unpaired) electrons. The van der Waals surface area contributed by atoms with Crippen molar-refractivity contribution in [2.45, 2.75) is 6.10 Å². The van der Waals surface area contributed by atoms with Gasteiger partial charge in [-0.2, -0.15) is 0 Å². The molecule has 1 unspecified atom stereocenters. The van der Waals surface area contributed by atoms with E-state index < -0.39 is 0 Å². The lowest BCUT2D eigenvalue weighted by Crippen LogP contribution is -2.35. The fourth-order valence-electron chi connectivity index (χ4n) is 2.54. The van der Waals surface area contributed by atoms with Crippen LogP contribution >= 0.6 is 11.6 Å². The van der Waals surface area contributed by atoms with Crippen LogP contribution in [0.1, 0.15) is 11.7 Å². The minimum Gasteiger partial charge on any atom is -0.457 e. The fourth-order valence-corrected chi connectivity index (χ4v) is 2.66. The molecule has 1 heterocycles. The van der Waals surface area contributed by atoms with Crippen LogP contribution in [0, 0.1) is 12.3 Å². The van der Waals surface area contributed by atoms with E-state index in [9.17, 15) is 0 Å². The summed E-state index contributed by atoms with van der Waals surface area (Å²) in [6.45, 7) is 2.50. The van der Waals surface area contributed by atoms with E-state index in [2.05, 4.69) is 21.7 Å². The SMILES string of the molecule is C#CCOC(CN1CNCN1)c1ccc(Oc2ccc(Cl)cc2)cc1. The first-order chi connectivity index (χ1) is 12.2. The van der Waals surface area contributed by atoms with E-state index >= 15 is 0 Å². The van der Waals surface area contributed by atoms with Crippen molar-refractivity contribution in [3.63, 3.8) is 0 Å². The molecule has 3 rings (SSSR count). The summed E-state index contributed by atoms with van der Waals surface area (Å²) in [6, 6.07) is 15.1. The van der Waals surface area contributed by atoms with Crippen LogP contribution in [0.15, 0.2) is 48.5 Å².